The maximum atomic E-state index is 5.79. The van der Waals surface area contributed by atoms with Gasteiger partial charge in [-0.15, -0.1) is 11.3 Å². The number of aromatic nitrogens is 1. The van der Waals surface area contributed by atoms with Crippen molar-refractivity contribution in [1.29, 1.82) is 0 Å². The topological polar surface area (TPSA) is 22.1 Å². The summed E-state index contributed by atoms with van der Waals surface area (Å²) in [5, 5.41) is 1.03. The number of nitrogens with zero attached hydrogens (tertiary/aromatic N) is 1. The predicted octanol–water partition coefficient (Wildman–Crippen LogP) is 4.41. The number of rotatable bonds is 3. The molecule has 2 aromatic rings. The van der Waals surface area contributed by atoms with E-state index in [0.29, 0.717) is 6.61 Å². The summed E-state index contributed by atoms with van der Waals surface area (Å²) < 4.78 is 6.82. The molecule has 1 heterocycles. The van der Waals surface area contributed by atoms with Crippen LogP contribution in [0.4, 0.5) is 0 Å². The molecular weight excluding hydrogens is 298 g/mol. The maximum absolute atomic E-state index is 5.79. The van der Waals surface area contributed by atoms with E-state index in [-0.39, 0.29) is 0 Å². The van der Waals surface area contributed by atoms with E-state index in [4.69, 9.17) is 4.74 Å². The Hall–Kier alpha value is -0.870. The maximum Gasteiger partial charge on any atom is 0.140 e. The fourth-order valence-electron chi connectivity index (χ4n) is 1.47. The summed E-state index contributed by atoms with van der Waals surface area (Å²) in [6.45, 7) is 6.69. The van der Waals surface area contributed by atoms with Crippen molar-refractivity contribution in [2.24, 2.45) is 0 Å². The molecule has 1 aromatic heterocycles. The Bertz CT molecular complexity index is 517. The third-order valence-electron chi connectivity index (χ3n) is 2.57. The lowest BCUT2D eigenvalue weighted by atomic mass is 10.2. The van der Waals surface area contributed by atoms with Crippen molar-refractivity contribution in [2.75, 3.05) is 0 Å². The van der Waals surface area contributed by atoms with Gasteiger partial charge in [-0.2, -0.15) is 0 Å². The summed E-state index contributed by atoms with van der Waals surface area (Å²) >= 11 is 5.14. The van der Waals surface area contributed by atoms with E-state index in [1.807, 2.05) is 32.0 Å². The van der Waals surface area contributed by atoms with E-state index < -0.39 is 0 Å². The first-order valence-corrected chi connectivity index (χ1v) is 6.99. The van der Waals surface area contributed by atoms with Crippen LogP contribution in [-0.4, -0.2) is 4.98 Å². The molecule has 0 saturated carbocycles. The van der Waals surface area contributed by atoms with Crippen molar-refractivity contribution in [3.05, 3.63) is 43.8 Å². The van der Waals surface area contributed by atoms with Gasteiger partial charge in [0, 0.05) is 9.35 Å². The molecule has 0 spiro atoms. The van der Waals surface area contributed by atoms with Crippen molar-refractivity contribution >= 4 is 27.3 Å². The van der Waals surface area contributed by atoms with Gasteiger partial charge < -0.3 is 4.74 Å². The monoisotopic (exact) mass is 311 g/mol. The number of aryl methyl sites for hydroxylation is 3. The highest BCUT2D eigenvalue weighted by Crippen LogP contribution is 2.25. The second-order valence-electron chi connectivity index (χ2n) is 3.95. The summed E-state index contributed by atoms with van der Waals surface area (Å²) in [5.41, 5.74) is 2.23. The Morgan fingerprint density at radius 1 is 1.29 bits per heavy atom. The molecule has 90 valence electrons. The van der Waals surface area contributed by atoms with Crippen LogP contribution in [0.15, 0.2) is 22.7 Å². The summed E-state index contributed by atoms with van der Waals surface area (Å²) in [4.78, 5) is 5.72. The Kier molecular flexibility index (Phi) is 3.84. The first-order valence-electron chi connectivity index (χ1n) is 5.38. The van der Waals surface area contributed by atoms with Gasteiger partial charge in [-0.05, 0) is 38.5 Å². The predicted molar refractivity (Wildman–Crippen MR) is 74.8 cm³/mol. The van der Waals surface area contributed by atoms with Crippen molar-refractivity contribution in [3.8, 4) is 5.75 Å². The Morgan fingerprint density at radius 2 is 2.06 bits per heavy atom. The fraction of sp³-hybridized carbons (Fsp3) is 0.308. The molecular formula is C13H14BrNOS. The average molecular weight is 312 g/mol. The molecule has 0 aliphatic carbocycles. The van der Waals surface area contributed by atoms with Gasteiger partial charge in [0.25, 0.3) is 0 Å². The number of ether oxygens (including phenoxy) is 1. The Morgan fingerprint density at radius 3 is 2.71 bits per heavy atom. The van der Waals surface area contributed by atoms with Crippen LogP contribution in [0.2, 0.25) is 0 Å². The third-order valence-corrected chi connectivity index (χ3v) is 4.11. The molecule has 0 bridgehead atoms. The van der Waals surface area contributed by atoms with Gasteiger partial charge >= 0.3 is 0 Å². The second kappa shape index (κ2) is 5.19. The van der Waals surface area contributed by atoms with Crippen LogP contribution in [0.25, 0.3) is 0 Å². The lowest BCUT2D eigenvalue weighted by molar-refractivity contribution is 0.303. The Balaban J connectivity index is 2.09. The molecule has 0 saturated heterocycles. The number of hydrogen-bond donors (Lipinski definition) is 0. The Labute approximate surface area is 114 Å². The zero-order valence-electron chi connectivity index (χ0n) is 10.1. The van der Waals surface area contributed by atoms with Crippen molar-refractivity contribution < 1.29 is 4.74 Å². The molecule has 2 rings (SSSR count). The smallest absolute Gasteiger partial charge is 0.140 e. The SMILES string of the molecule is Cc1ccc(Br)cc1OCc1nc(C)c(C)s1. The number of hydrogen-bond acceptors (Lipinski definition) is 3. The van der Waals surface area contributed by atoms with E-state index in [1.165, 1.54) is 4.88 Å². The summed E-state index contributed by atoms with van der Waals surface area (Å²) in [6.07, 6.45) is 0. The summed E-state index contributed by atoms with van der Waals surface area (Å²) in [7, 11) is 0. The van der Waals surface area contributed by atoms with Crippen molar-refractivity contribution in [3.63, 3.8) is 0 Å². The van der Waals surface area contributed by atoms with Gasteiger partial charge in [0.1, 0.15) is 17.4 Å². The molecule has 2 nitrogen and oxygen atoms in total. The third kappa shape index (κ3) is 3.07. The molecule has 4 heteroatoms. The molecule has 17 heavy (non-hydrogen) atoms. The van der Waals surface area contributed by atoms with Crippen molar-refractivity contribution in [1.82, 2.24) is 4.98 Å². The number of benzene rings is 1. The highest BCUT2D eigenvalue weighted by Gasteiger charge is 2.06. The standard InChI is InChI=1S/C13H14BrNOS/c1-8-4-5-11(14)6-12(8)16-7-13-15-9(2)10(3)17-13/h4-6H,7H2,1-3H3. The average Bonchev–Trinajstić information content (AvgIpc) is 2.60. The lowest BCUT2D eigenvalue weighted by Crippen LogP contribution is -1.96. The van der Waals surface area contributed by atoms with Crippen LogP contribution >= 0.6 is 27.3 Å². The van der Waals surface area contributed by atoms with E-state index in [1.54, 1.807) is 11.3 Å². The van der Waals surface area contributed by atoms with Crippen LogP contribution in [0.5, 0.6) is 5.75 Å². The van der Waals surface area contributed by atoms with E-state index in [0.717, 1.165) is 26.5 Å². The fourth-order valence-corrected chi connectivity index (χ4v) is 2.66. The zero-order chi connectivity index (χ0) is 12.4. The van der Waals surface area contributed by atoms with E-state index in [9.17, 15) is 0 Å². The van der Waals surface area contributed by atoms with E-state index >= 15 is 0 Å². The van der Waals surface area contributed by atoms with Gasteiger partial charge in [0.15, 0.2) is 0 Å². The van der Waals surface area contributed by atoms with Crippen LogP contribution in [-0.2, 0) is 6.61 Å². The van der Waals surface area contributed by atoms with Gasteiger partial charge in [0.2, 0.25) is 0 Å². The molecule has 0 atom stereocenters. The number of halogens is 1. The van der Waals surface area contributed by atoms with Gasteiger partial charge in [-0.3, -0.25) is 0 Å². The van der Waals surface area contributed by atoms with Crippen molar-refractivity contribution in [2.45, 2.75) is 27.4 Å². The zero-order valence-corrected chi connectivity index (χ0v) is 12.5. The van der Waals surface area contributed by atoms with Gasteiger partial charge in [-0.25, -0.2) is 4.98 Å². The van der Waals surface area contributed by atoms with Crippen LogP contribution in [0, 0.1) is 20.8 Å². The molecule has 0 aliphatic heterocycles. The van der Waals surface area contributed by atoms with Gasteiger partial charge in [-0.1, -0.05) is 22.0 Å². The highest BCUT2D eigenvalue weighted by molar-refractivity contribution is 9.10. The molecule has 0 unspecified atom stereocenters. The summed E-state index contributed by atoms with van der Waals surface area (Å²) in [6, 6.07) is 6.04. The minimum atomic E-state index is 0.538. The first kappa shape index (κ1) is 12.6. The number of thiazole rings is 1. The largest absolute Gasteiger partial charge is 0.486 e. The highest BCUT2D eigenvalue weighted by atomic mass is 79.9. The van der Waals surface area contributed by atoms with E-state index in [2.05, 4.69) is 27.8 Å². The summed E-state index contributed by atoms with van der Waals surface area (Å²) in [5.74, 6) is 0.907. The molecule has 1 aromatic carbocycles. The molecule has 0 aliphatic rings. The molecule has 0 fully saturated rings. The molecule has 0 amide bonds. The quantitative estimate of drug-likeness (QED) is 0.837. The minimum absolute atomic E-state index is 0.538. The lowest BCUT2D eigenvalue weighted by Gasteiger charge is -2.07. The molecule has 0 N–H and O–H groups in total. The van der Waals surface area contributed by atoms with Crippen LogP contribution in [0.1, 0.15) is 21.1 Å². The minimum Gasteiger partial charge on any atom is -0.486 e. The second-order valence-corrected chi connectivity index (χ2v) is 6.15. The van der Waals surface area contributed by atoms with Crippen LogP contribution in [0.3, 0.4) is 0 Å². The van der Waals surface area contributed by atoms with Crippen LogP contribution < -0.4 is 4.74 Å². The normalized spacial score (nSPS) is 10.6. The molecule has 0 radical (unpaired) electrons. The first-order chi connectivity index (χ1) is 8.06. The van der Waals surface area contributed by atoms with Gasteiger partial charge in [0.05, 0.1) is 5.69 Å².